The van der Waals surface area contributed by atoms with Gasteiger partial charge in [-0.1, -0.05) is 59.8 Å². The van der Waals surface area contributed by atoms with Crippen molar-refractivity contribution < 1.29 is 5.11 Å². The van der Waals surface area contributed by atoms with Gasteiger partial charge in [0.1, 0.15) is 0 Å². The Morgan fingerprint density at radius 2 is 1.64 bits per heavy atom. The fraction of sp³-hybridized carbons (Fsp3) is 1.00. The Bertz CT molecular complexity index is 129. The van der Waals surface area contributed by atoms with E-state index in [1.54, 1.807) is 0 Å². The van der Waals surface area contributed by atoms with E-state index in [1.165, 1.54) is 38.5 Å². The predicted molar refractivity (Wildman–Crippen MR) is 63.4 cm³/mol. The van der Waals surface area contributed by atoms with Gasteiger partial charge in [0, 0.05) is 6.61 Å². The zero-order chi connectivity index (χ0) is 11.0. The molecule has 0 aromatic rings. The standard InChI is InChI=1S/C13H28O/c1-5-6-7-8-9-10-13(3,4)12(2)11-14/h12,14H,5-11H2,1-4H3. The zero-order valence-corrected chi connectivity index (χ0v) is 10.5. The average molecular weight is 200 g/mol. The monoisotopic (exact) mass is 200 g/mol. The molecule has 0 bridgehead atoms. The summed E-state index contributed by atoms with van der Waals surface area (Å²) in [6.07, 6.45) is 7.98. The lowest BCUT2D eigenvalue weighted by molar-refractivity contribution is 0.120. The summed E-state index contributed by atoms with van der Waals surface area (Å²) >= 11 is 0. The van der Waals surface area contributed by atoms with Crippen LogP contribution in [0.1, 0.15) is 66.2 Å². The van der Waals surface area contributed by atoms with Gasteiger partial charge in [-0.15, -0.1) is 0 Å². The van der Waals surface area contributed by atoms with Gasteiger partial charge in [-0.2, -0.15) is 0 Å². The van der Waals surface area contributed by atoms with Crippen molar-refractivity contribution in [1.82, 2.24) is 0 Å². The summed E-state index contributed by atoms with van der Waals surface area (Å²) in [5, 5.41) is 9.11. The minimum Gasteiger partial charge on any atom is -0.396 e. The molecule has 1 unspecified atom stereocenters. The van der Waals surface area contributed by atoms with Gasteiger partial charge in [0.05, 0.1) is 0 Å². The molecule has 0 fully saturated rings. The van der Waals surface area contributed by atoms with Crippen LogP contribution in [0, 0.1) is 11.3 Å². The van der Waals surface area contributed by atoms with Crippen LogP contribution in [0.4, 0.5) is 0 Å². The van der Waals surface area contributed by atoms with Crippen molar-refractivity contribution in [2.75, 3.05) is 6.61 Å². The minimum atomic E-state index is 0.307. The highest BCUT2D eigenvalue weighted by molar-refractivity contribution is 4.74. The molecule has 86 valence electrons. The van der Waals surface area contributed by atoms with Crippen LogP contribution >= 0.6 is 0 Å². The van der Waals surface area contributed by atoms with Crippen molar-refractivity contribution in [3.63, 3.8) is 0 Å². The summed E-state index contributed by atoms with van der Waals surface area (Å²) < 4.78 is 0. The number of hydrogen-bond acceptors (Lipinski definition) is 1. The molecule has 0 amide bonds. The molecule has 0 radical (unpaired) electrons. The second-order valence-electron chi connectivity index (χ2n) is 5.24. The Hall–Kier alpha value is -0.0400. The van der Waals surface area contributed by atoms with Gasteiger partial charge in [0.25, 0.3) is 0 Å². The molecular weight excluding hydrogens is 172 g/mol. The second kappa shape index (κ2) is 7.28. The maximum atomic E-state index is 9.11. The highest BCUT2D eigenvalue weighted by Crippen LogP contribution is 2.32. The molecule has 14 heavy (non-hydrogen) atoms. The Morgan fingerprint density at radius 1 is 1.07 bits per heavy atom. The van der Waals surface area contributed by atoms with Gasteiger partial charge in [-0.3, -0.25) is 0 Å². The predicted octanol–water partition coefficient (Wildman–Crippen LogP) is 4.00. The van der Waals surface area contributed by atoms with E-state index < -0.39 is 0 Å². The van der Waals surface area contributed by atoms with Gasteiger partial charge in [0.2, 0.25) is 0 Å². The Labute approximate surface area is 89.9 Å². The molecule has 0 rings (SSSR count). The van der Waals surface area contributed by atoms with Gasteiger partial charge in [0.15, 0.2) is 0 Å². The lowest BCUT2D eigenvalue weighted by Crippen LogP contribution is -2.24. The van der Waals surface area contributed by atoms with Gasteiger partial charge >= 0.3 is 0 Å². The maximum absolute atomic E-state index is 9.11. The molecular formula is C13H28O. The first-order valence-electron chi connectivity index (χ1n) is 6.15. The first-order valence-corrected chi connectivity index (χ1v) is 6.15. The van der Waals surface area contributed by atoms with Crippen molar-refractivity contribution in [3.8, 4) is 0 Å². The van der Waals surface area contributed by atoms with Gasteiger partial charge in [-0.05, 0) is 17.8 Å². The number of unbranched alkanes of at least 4 members (excludes halogenated alkanes) is 4. The number of aliphatic hydroxyl groups excluding tert-OH is 1. The zero-order valence-electron chi connectivity index (χ0n) is 10.5. The number of aliphatic hydroxyl groups is 1. The fourth-order valence-corrected chi connectivity index (χ4v) is 1.68. The van der Waals surface area contributed by atoms with Crippen LogP contribution in [-0.2, 0) is 0 Å². The molecule has 0 saturated carbocycles. The van der Waals surface area contributed by atoms with E-state index in [1.807, 2.05) is 0 Å². The van der Waals surface area contributed by atoms with Crippen molar-refractivity contribution in [3.05, 3.63) is 0 Å². The van der Waals surface area contributed by atoms with E-state index >= 15 is 0 Å². The lowest BCUT2D eigenvalue weighted by atomic mass is 9.76. The molecule has 1 nitrogen and oxygen atoms in total. The highest BCUT2D eigenvalue weighted by Gasteiger charge is 2.24. The molecule has 1 heteroatoms. The van der Waals surface area contributed by atoms with Gasteiger partial charge in [-0.25, -0.2) is 0 Å². The molecule has 0 spiro atoms. The summed E-state index contributed by atoms with van der Waals surface area (Å²) in [7, 11) is 0. The van der Waals surface area contributed by atoms with E-state index in [-0.39, 0.29) is 0 Å². The molecule has 0 aromatic carbocycles. The van der Waals surface area contributed by atoms with E-state index in [9.17, 15) is 0 Å². The van der Waals surface area contributed by atoms with Gasteiger partial charge < -0.3 is 5.11 Å². The third kappa shape index (κ3) is 5.64. The van der Waals surface area contributed by atoms with Crippen LogP contribution in [0.5, 0.6) is 0 Å². The summed E-state index contributed by atoms with van der Waals surface area (Å²) in [4.78, 5) is 0. The van der Waals surface area contributed by atoms with E-state index in [2.05, 4.69) is 27.7 Å². The summed E-state index contributed by atoms with van der Waals surface area (Å²) in [5.74, 6) is 0.425. The summed E-state index contributed by atoms with van der Waals surface area (Å²) in [6.45, 7) is 9.26. The molecule has 0 aromatic heterocycles. The average Bonchev–Trinajstić information content (AvgIpc) is 2.16. The second-order valence-corrected chi connectivity index (χ2v) is 5.24. The molecule has 0 aliphatic carbocycles. The first-order chi connectivity index (χ1) is 6.54. The van der Waals surface area contributed by atoms with E-state index in [4.69, 9.17) is 5.11 Å². The highest BCUT2D eigenvalue weighted by atomic mass is 16.3. The van der Waals surface area contributed by atoms with Crippen LogP contribution in [0.3, 0.4) is 0 Å². The maximum Gasteiger partial charge on any atom is 0.0461 e. The smallest absolute Gasteiger partial charge is 0.0461 e. The molecule has 0 aliphatic rings. The summed E-state index contributed by atoms with van der Waals surface area (Å²) in [6, 6.07) is 0. The third-order valence-electron chi connectivity index (χ3n) is 3.53. The quantitative estimate of drug-likeness (QED) is 0.587. The van der Waals surface area contributed by atoms with Crippen molar-refractivity contribution in [2.24, 2.45) is 11.3 Å². The van der Waals surface area contributed by atoms with E-state index in [0.29, 0.717) is 17.9 Å². The molecule has 0 saturated heterocycles. The van der Waals surface area contributed by atoms with E-state index in [0.717, 1.165) is 0 Å². The van der Waals surface area contributed by atoms with Crippen LogP contribution in [0.25, 0.3) is 0 Å². The lowest BCUT2D eigenvalue weighted by Gasteiger charge is -2.30. The molecule has 1 atom stereocenters. The SMILES string of the molecule is CCCCCCCC(C)(C)C(C)CO. The minimum absolute atomic E-state index is 0.307. The number of hydrogen-bond donors (Lipinski definition) is 1. The first kappa shape index (κ1) is 14.0. The molecule has 1 N–H and O–H groups in total. The summed E-state index contributed by atoms with van der Waals surface area (Å²) in [5.41, 5.74) is 0.307. The Kier molecular flexibility index (Phi) is 7.26. The Balaban J connectivity index is 3.55. The largest absolute Gasteiger partial charge is 0.396 e. The normalized spacial score (nSPS) is 14.4. The third-order valence-corrected chi connectivity index (χ3v) is 3.53. The van der Waals surface area contributed by atoms with Crippen LogP contribution in [-0.4, -0.2) is 11.7 Å². The topological polar surface area (TPSA) is 20.2 Å². The van der Waals surface area contributed by atoms with Crippen LogP contribution in [0.2, 0.25) is 0 Å². The molecule has 0 heterocycles. The Morgan fingerprint density at radius 3 is 2.14 bits per heavy atom. The van der Waals surface area contributed by atoms with Crippen molar-refractivity contribution >= 4 is 0 Å². The fourth-order valence-electron chi connectivity index (χ4n) is 1.68. The van der Waals surface area contributed by atoms with Crippen molar-refractivity contribution in [1.29, 1.82) is 0 Å². The molecule has 0 aliphatic heterocycles. The van der Waals surface area contributed by atoms with Crippen molar-refractivity contribution in [2.45, 2.75) is 66.2 Å². The number of rotatable bonds is 8. The van der Waals surface area contributed by atoms with Crippen LogP contribution < -0.4 is 0 Å². The van der Waals surface area contributed by atoms with Crippen LogP contribution in [0.15, 0.2) is 0 Å².